The number of nitrogens with zero attached hydrogens (tertiary/aromatic N) is 2. The number of carboxylic acids is 1. The number of nitrogens with two attached hydrogens (primary N) is 1. The molecule has 1 aliphatic rings. The van der Waals surface area contributed by atoms with E-state index in [0.29, 0.717) is 19.2 Å². The molecule has 1 fully saturated rings. The van der Waals surface area contributed by atoms with E-state index in [1.54, 1.807) is 4.90 Å². The summed E-state index contributed by atoms with van der Waals surface area (Å²) in [5, 5.41) is 9.19. The van der Waals surface area contributed by atoms with Crippen LogP contribution in [0.3, 0.4) is 0 Å². The van der Waals surface area contributed by atoms with Crippen molar-refractivity contribution in [2.75, 3.05) is 18.0 Å². The van der Waals surface area contributed by atoms with Crippen LogP contribution in [0.1, 0.15) is 23.7 Å². The van der Waals surface area contributed by atoms with Crippen LogP contribution in [-0.2, 0) is 0 Å². The summed E-state index contributed by atoms with van der Waals surface area (Å²) in [7, 11) is 0. The molecule has 1 saturated heterocycles. The standard InChI is InChI=1S/C22H20F3N3O3/c1-11(26)12-4-5-27(9-12)20-8-19-14(7-17(20)25)21(29)15(22(30)31)10-28(19)18-3-2-13(23)6-16(18)24/h2-3,6-8,10-12H,4-5,9,26H2,1H3,(H,30,31)/t11-,12-/m1/s1. The van der Waals surface area contributed by atoms with E-state index in [9.17, 15) is 27.9 Å². The molecule has 0 bridgehead atoms. The molecule has 162 valence electrons. The molecule has 1 aromatic heterocycles. The van der Waals surface area contributed by atoms with Crippen LogP contribution in [0.25, 0.3) is 16.6 Å². The third-order valence-electron chi connectivity index (χ3n) is 5.78. The summed E-state index contributed by atoms with van der Waals surface area (Å²) in [5.41, 5.74) is 4.58. The van der Waals surface area contributed by atoms with Crippen molar-refractivity contribution < 1.29 is 23.1 Å². The molecule has 9 heteroatoms. The van der Waals surface area contributed by atoms with Crippen molar-refractivity contribution in [3.63, 3.8) is 0 Å². The summed E-state index contributed by atoms with van der Waals surface area (Å²) < 4.78 is 44.1. The fourth-order valence-corrected chi connectivity index (χ4v) is 4.04. The predicted octanol–water partition coefficient (Wildman–Crippen LogP) is 3.28. The number of pyridine rings is 1. The second-order valence-electron chi connectivity index (χ2n) is 7.82. The lowest BCUT2D eigenvalue weighted by Gasteiger charge is -2.22. The smallest absolute Gasteiger partial charge is 0.341 e. The highest BCUT2D eigenvalue weighted by Crippen LogP contribution is 2.31. The minimum absolute atomic E-state index is 0.0712. The lowest BCUT2D eigenvalue weighted by atomic mass is 10.0. The van der Waals surface area contributed by atoms with Crippen LogP contribution in [0.15, 0.2) is 41.3 Å². The highest BCUT2D eigenvalue weighted by Gasteiger charge is 2.28. The van der Waals surface area contributed by atoms with Crippen molar-refractivity contribution in [2.24, 2.45) is 11.7 Å². The van der Waals surface area contributed by atoms with Gasteiger partial charge >= 0.3 is 5.97 Å². The monoisotopic (exact) mass is 431 g/mol. The van der Waals surface area contributed by atoms with Gasteiger partial charge in [0, 0.05) is 36.8 Å². The van der Waals surface area contributed by atoms with Gasteiger partial charge in [0.15, 0.2) is 0 Å². The normalized spacial score (nSPS) is 17.3. The summed E-state index contributed by atoms with van der Waals surface area (Å²) >= 11 is 0. The van der Waals surface area contributed by atoms with Crippen LogP contribution in [0.5, 0.6) is 0 Å². The van der Waals surface area contributed by atoms with Crippen molar-refractivity contribution in [2.45, 2.75) is 19.4 Å². The zero-order valence-corrected chi connectivity index (χ0v) is 16.6. The first-order valence-electron chi connectivity index (χ1n) is 9.75. The second kappa shape index (κ2) is 7.73. The highest BCUT2D eigenvalue weighted by molar-refractivity contribution is 5.94. The topological polar surface area (TPSA) is 88.6 Å². The molecular formula is C22H20F3N3O3. The van der Waals surface area contributed by atoms with Crippen LogP contribution in [0, 0.1) is 23.4 Å². The third-order valence-corrected chi connectivity index (χ3v) is 5.78. The largest absolute Gasteiger partial charge is 0.477 e. The molecule has 0 spiro atoms. The van der Waals surface area contributed by atoms with E-state index in [-0.39, 0.29) is 34.2 Å². The molecule has 31 heavy (non-hydrogen) atoms. The average Bonchev–Trinajstić information content (AvgIpc) is 3.19. The minimum atomic E-state index is -1.54. The first kappa shape index (κ1) is 20.9. The number of hydrogen-bond donors (Lipinski definition) is 2. The van der Waals surface area contributed by atoms with E-state index in [0.717, 1.165) is 35.4 Å². The molecule has 0 radical (unpaired) electrons. The van der Waals surface area contributed by atoms with Crippen LogP contribution in [0.2, 0.25) is 0 Å². The maximum absolute atomic E-state index is 15.0. The SMILES string of the molecule is C[C@@H](N)[C@@H]1CCN(c2cc3c(cc2F)c(=O)c(C(=O)O)cn3-c2ccc(F)cc2F)C1. The number of halogens is 3. The lowest BCUT2D eigenvalue weighted by molar-refractivity contribution is 0.0695. The fourth-order valence-electron chi connectivity index (χ4n) is 4.04. The number of fused-ring (bicyclic) bond motifs is 1. The molecule has 0 amide bonds. The molecule has 2 atom stereocenters. The Bertz CT molecular complexity index is 1260. The number of carbonyl (C=O) groups is 1. The van der Waals surface area contributed by atoms with Crippen LogP contribution in [-0.4, -0.2) is 34.8 Å². The van der Waals surface area contributed by atoms with Crippen LogP contribution in [0.4, 0.5) is 18.9 Å². The van der Waals surface area contributed by atoms with E-state index >= 15 is 0 Å². The molecule has 1 aliphatic heterocycles. The van der Waals surface area contributed by atoms with E-state index in [4.69, 9.17) is 5.73 Å². The Morgan fingerprint density at radius 2 is 1.87 bits per heavy atom. The quantitative estimate of drug-likeness (QED) is 0.662. The highest BCUT2D eigenvalue weighted by atomic mass is 19.1. The molecule has 3 N–H and O–H groups in total. The predicted molar refractivity (Wildman–Crippen MR) is 110 cm³/mol. The average molecular weight is 431 g/mol. The zero-order valence-electron chi connectivity index (χ0n) is 16.6. The van der Waals surface area contributed by atoms with E-state index in [1.807, 2.05) is 6.92 Å². The lowest BCUT2D eigenvalue weighted by Crippen LogP contribution is -2.30. The van der Waals surface area contributed by atoms with Gasteiger partial charge in [-0.05, 0) is 43.5 Å². The number of hydrogen-bond acceptors (Lipinski definition) is 4. The van der Waals surface area contributed by atoms with Crippen molar-refractivity contribution in [3.8, 4) is 5.69 Å². The van der Waals surface area contributed by atoms with Gasteiger partial charge in [-0.25, -0.2) is 18.0 Å². The van der Waals surface area contributed by atoms with Gasteiger partial charge in [0.25, 0.3) is 0 Å². The Morgan fingerprint density at radius 1 is 1.16 bits per heavy atom. The maximum atomic E-state index is 15.0. The van der Waals surface area contributed by atoms with Gasteiger partial charge in [-0.1, -0.05) is 0 Å². The number of rotatable bonds is 4. The zero-order chi connectivity index (χ0) is 22.4. The van der Waals surface area contributed by atoms with E-state index in [2.05, 4.69) is 0 Å². The number of benzene rings is 2. The van der Waals surface area contributed by atoms with Crippen molar-refractivity contribution in [1.29, 1.82) is 0 Å². The van der Waals surface area contributed by atoms with Gasteiger partial charge in [-0.2, -0.15) is 0 Å². The number of aromatic nitrogens is 1. The first-order chi connectivity index (χ1) is 14.7. The Morgan fingerprint density at radius 3 is 2.48 bits per heavy atom. The molecule has 2 heterocycles. The molecule has 0 saturated carbocycles. The Balaban J connectivity index is 1.98. The molecular weight excluding hydrogens is 411 g/mol. The molecule has 4 rings (SSSR count). The Kier molecular flexibility index (Phi) is 5.22. The summed E-state index contributed by atoms with van der Waals surface area (Å²) in [5.74, 6) is -3.82. The van der Waals surface area contributed by atoms with Crippen LogP contribution < -0.4 is 16.1 Å². The molecule has 0 aliphatic carbocycles. The summed E-state index contributed by atoms with van der Waals surface area (Å²) in [4.78, 5) is 26.0. The molecule has 6 nitrogen and oxygen atoms in total. The molecule has 2 aromatic carbocycles. The van der Waals surface area contributed by atoms with E-state index in [1.165, 1.54) is 6.07 Å². The minimum Gasteiger partial charge on any atom is -0.477 e. The molecule has 0 unspecified atom stereocenters. The van der Waals surface area contributed by atoms with Crippen molar-refractivity contribution >= 4 is 22.6 Å². The van der Waals surface area contributed by atoms with Gasteiger partial charge in [0.2, 0.25) is 5.43 Å². The third kappa shape index (κ3) is 3.65. The second-order valence-corrected chi connectivity index (χ2v) is 7.82. The number of carboxylic acid groups (broad SMARTS) is 1. The fraction of sp³-hybridized carbons (Fsp3) is 0.273. The van der Waals surface area contributed by atoms with Crippen molar-refractivity contribution in [1.82, 2.24) is 4.57 Å². The van der Waals surface area contributed by atoms with Gasteiger partial charge in [0.1, 0.15) is 23.0 Å². The summed E-state index contributed by atoms with van der Waals surface area (Å²) in [6.45, 7) is 2.95. The summed E-state index contributed by atoms with van der Waals surface area (Å²) in [6.07, 6.45) is 1.74. The van der Waals surface area contributed by atoms with Gasteiger partial charge < -0.3 is 20.3 Å². The number of aromatic carboxylic acids is 1. The van der Waals surface area contributed by atoms with Gasteiger partial charge in [-0.15, -0.1) is 0 Å². The molecule has 3 aromatic rings. The Hall–Kier alpha value is -3.33. The first-order valence-corrected chi connectivity index (χ1v) is 9.75. The maximum Gasteiger partial charge on any atom is 0.341 e. The van der Waals surface area contributed by atoms with E-state index < -0.39 is 34.4 Å². The van der Waals surface area contributed by atoms with Gasteiger partial charge in [0.05, 0.1) is 16.9 Å². The number of anilines is 1. The van der Waals surface area contributed by atoms with Crippen LogP contribution >= 0.6 is 0 Å². The van der Waals surface area contributed by atoms with Crippen molar-refractivity contribution in [3.05, 3.63) is 69.8 Å². The summed E-state index contributed by atoms with van der Waals surface area (Å²) in [6, 6.07) is 5.09. The van der Waals surface area contributed by atoms with Gasteiger partial charge in [-0.3, -0.25) is 4.79 Å². The Labute approximate surface area is 175 Å².